The number of carbonyl (C=O) groups excluding carboxylic acids is 2. The van der Waals surface area contributed by atoms with Gasteiger partial charge in [-0.05, 0) is 35.0 Å². The summed E-state index contributed by atoms with van der Waals surface area (Å²) in [5, 5.41) is 5.25. The number of hydrogen-bond donors (Lipinski definition) is 2. The number of hydrogen-bond acceptors (Lipinski definition) is 4. The molecule has 2 N–H and O–H groups in total. The van der Waals surface area contributed by atoms with E-state index < -0.39 is 6.04 Å². The first-order valence-corrected chi connectivity index (χ1v) is 6.53. The molecule has 1 aromatic rings. The Labute approximate surface area is 120 Å². The summed E-state index contributed by atoms with van der Waals surface area (Å²) in [6.45, 7) is 2.46. The van der Waals surface area contributed by atoms with Crippen molar-refractivity contribution in [1.82, 2.24) is 15.6 Å². The Kier molecular flexibility index (Phi) is 6.44. The molecule has 1 unspecified atom stereocenters. The average molecular weight is 330 g/mol. The third-order valence-corrected chi connectivity index (χ3v) is 2.98. The summed E-state index contributed by atoms with van der Waals surface area (Å²) in [6.07, 6.45) is 1.57. The molecule has 1 atom stereocenters. The molecule has 0 spiro atoms. The van der Waals surface area contributed by atoms with Crippen LogP contribution in [0.4, 0.5) is 0 Å². The van der Waals surface area contributed by atoms with E-state index in [4.69, 9.17) is 4.74 Å². The first kappa shape index (κ1) is 15.6. The normalized spacial score (nSPS) is 11.7. The molecule has 19 heavy (non-hydrogen) atoms. The third kappa shape index (κ3) is 4.96. The summed E-state index contributed by atoms with van der Waals surface area (Å²) in [7, 11) is 1.55. The number of ether oxygens (including phenoxy) is 1. The maximum Gasteiger partial charge on any atom is 0.254 e. The van der Waals surface area contributed by atoms with Gasteiger partial charge in [-0.2, -0.15) is 0 Å². The Morgan fingerprint density at radius 3 is 2.89 bits per heavy atom. The molecule has 0 saturated carbocycles. The average Bonchev–Trinajstić information content (AvgIpc) is 2.39. The van der Waals surface area contributed by atoms with Gasteiger partial charge in [-0.3, -0.25) is 9.59 Å². The fraction of sp³-hybridized carbons (Fsp3) is 0.417. The van der Waals surface area contributed by atoms with Crippen LogP contribution in [0.2, 0.25) is 0 Å². The second-order valence-electron chi connectivity index (χ2n) is 3.82. The molecule has 104 valence electrons. The number of amides is 2. The van der Waals surface area contributed by atoms with Crippen LogP contribution in [0.25, 0.3) is 0 Å². The number of carbonyl (C=O) groups is 2. The van der Waals surface area contributed by atoms with Crippen molar-refractivity contribution in [3.63, 3.8) is 0 Å². The molecule has 0 radical (unpaired) electrons. The van der Waals surface area contributed by atoms with E-state index in [9.17, 15) is 9.59 Å². The van der Waals surface area contributed by atoms with Crippen LogP contribution in [0.15, 0.2) is 22.9 Å². The monoisotopic (exact) mass is 329 g/mol. The Bertz CT molecular complexity index is 454. The third-order valence-electron chi connectivity index (χ3n) is 2.35. The number of methoxy groups -OCH3 is 1. The van der Waals surface area contributed by atoms with E-state index in [2.05, 4.69) is 31.5 Å². The molecule has 0 aliphatic heterocycles. The topological polar surface area (TPSA) is 80.3 Å². The van der Waals surface area contributed by atoms with Crippen LogP contribution in [0, 0.1) is 0 Å². The largest absolute Gasteiger partial charge is 0.383 e. The molecule has 6 nitrogen and oxygen atoms in total. The van der Waals surface area contributed by atoms with Gasteiger partial charge in [0, 0.05) is 19.9 Å². The molecule has 1 aromatic heterocycles. The zero-order chi connectivity index (χ0) is 14.3. The van der Waals surface area contributed by atoms with Gasteiger partial charge in [0.2, 0.25) is 5.91 Å². The lowest BCUT2D eigenvalue weighted by Gasteiger charge is -2.14. The lowest BCUT2D eigenvalue weighted by atomic mass is 10.2. The van der Waals surface area contributed by atoms with Gasteiger partial charge in [0.05, 0.1) is 12.2 Å². The highest BCUT2D eigenvalue weighted by Crippen LogP contribution is 2.12. The van der Waals surface area contributed by atoms with Gasteiger partial charge in [0.1, 0.15) is 10.6 Å². The number of nitrogens with one attached hydrogen (secondary N) is 2. The Morgan fingerprint density at radius 1 is 1.53 bits per heavy atom. The Hall–Kier alpha value is -1.47. The summed E-state index contributed by atoms with van der Waals surface area (Å²) in [4.78, 5) is 27.5. The molecule has 0 fully saturated rings. The van der Waals surface area contributed by atoms with E-state index in [1.54, 1.807) is 32.4 Å². The van der Waals surface area contributed by atoms with E-state index in [0.29, 0.717) is 23.3 Å². The van der Waals surface area contributed by atoms with Crippen LogP contribution in [-0.4, -0.2) is 43.1 Å². The van der Waals surface area contributed by atoms with Gasteiger partial charge in [-0.1, -0.05) is 0 Å². The molecule has 1 rings (SSSR count). The van der Waals surface area contributed by atoms with Crippen molar-refractivity contribution >= 4 is 27.7 Å². The number of nitrogens with zero attached hydrogens (tertiary/aromatic N) is 1. The minimum Gasteiger partial charge on any atom is -0.383 e. The molecule has 1 heterocycles. The standard InChI is InChI=1S/C12H16BrN3O3/c1-8(11(17)15-6-7-19-2)16-12(18)9-4-3-5-14-10(9)13/h3-5,8H,6-7H2,1-2H3,(H,15,17)(H,16,18). The number of halogens is 1. The highest BCUT2D eigenvalue weighted by Gasteiger charge is 2.17. The molecule has 0 aromatic carbocycles. The molecule has 2 amide bonds. The molecule has 0 aliphatic carbocycles. The first-order valence-electron chi connectivity index (χ1n) is 5.74. The molecule has 0 aliphatic rings. The summed E-state index contributed by atoms with van der Waals surface area (Å²) in [5.74, 6) is -0.611. The summed E-state index contributed by atoms with van der Waals surface area (Å²) in [6, 6.07) is 2.65. The SMILES string of the molecule is COCCNC(=O)C(C)NC(=O)c1cccnc1Br. The minimum atomic E-state index is -0.628. The summed E-state index contributed by atoms with van der Waals surface area (Å²) < 4.78 is 5.27. The van der Waals surface area contributed by atoms with E-state index in [-0.39, 0.29) is 11.8 Å². The van der Waals surface area contributed by atoms with E-state index in [1.807, 2.05) is 0 Å². The molecule has 0 saturated heterocycles. The summed E-state index contributed by atoms with van der Waals surface area (Å²) in [5.41, 5.74) is 0.388. The van der Waals surface area contributed by atoms with Gasteiger partial charge in [0.25, 0.3) is 5.91 Å². The van der Waals surface area contributed by atoms with Crippen molar-refractivity contribution in [1.29, 1.82) is 0 Å². The van der Waals surface area contributed by atoms with Gasteiger partial charge in [0.15, 0.2) is 0 Å². The van der Waals surface area contributed by atoms with Crippen LogP contribution < -0.4 is 10.6 Å². The number of aromatic nitrogens is 1. The molecular weight excluding hydrogens is 314 g/mol. The Morgan fingerprint density at radius 2 is 2.26 bits per heavy atom. The highest BCUT2D eigenvalue weighted by molar-refractivity contribution is 9.10. The van der Waals surface area contributed by atoms with E-state index >= 15 is 0 Å². The van der Waals surface area contributed by atoms with Crippen molar-refractivity contribution in [3.8, 4) is 0 Å². The second kappa shape index (κ2) is 7.85. The predicted molar refractivity (Wildman–Crippen MR) is 73.8 cm³/mol. The lowest BCUT2D eigenvalue weighted by molar-refractivity contribution is -0.122. The van der Waals surface area contributed by atoms with Crippen molar-refractivity contribution in [2.24, 2.45) is 0 Å². The van der Waals surface area contributed by atoms with Crippen LogP contribution >= 0.6 is 15.9 Å². The van der Waals surface area contributed by atoms with Gasteiger partial charge in [-0.15, -0.1) is 0 Å². The lowest BCUT2D eigenvalue weighted by Crippen LogP contribution is -2.45. The number of rotatable bonds is 6. The smallest absolute Gasteiger partial charge is 0.254 e. The quantitative estimate of drug-likeness (QED) is 0.595. The van der Waals surface area contributed by atoms with E-state index in [0.717, 1.165) is 0 Å². The van der Waals surface area contributed by atoms with E-state index in [1.165, 1.54) is 0 Å². The number of pyridine rings is 1. The van der Waals surface area contributed by atoms with Gasteiger partial charge >= 0.3 is 0 Å². The van der Waals surface area contributed by atoms with Crippen molar-refractivity contribution in [3.05, 3.63) is 28.5 Å². The Balaban J connectivity index is 2.52. The predicted octanol–water partition coefficient (Wildman–Crippen LogP) is 0.725. The van der Waals surface area contributed by atoms with Crippen LogP contribution in [0.5, 0.6) is 0 Å². The zero-order valence-electron chi connectivity index (χ0n) is 10.8. The maximum absolute atomic E-state index is 11.9. The molecular formula is C12H16BrN3O3. The second-order valence-corrected chi connectivity index (χ2v) is 4.57. The van der Waals surface area contributed by atoms with Crippen molar-refractivity contribution < 1.29 is 14.3 Å². The van der Waals surface area contributed by atoms with Crippen LogP contribution in [0.3, 0.4) is 0 Å². The van der Waals surface area contributed by atoms with Gasteiger partial charge in [-0.25, -0.2) is 4.98 Å². The van der Waals surface area contributed by atoms with Crippen molar-refractivity contribution in [2.75, 3.05) is 20.3 Å². The first-order chi connectivity index (χ1) is 9.06. The minimum absolute atomic E-state index is 0.259. The highest BCUT2D eigenvalue weighted by atomic mass is 79.9. The fourth-order valence-electron chi connectivity index (χ4n) is 1.32. The molecule has 0 bridgehead atoms. The summed E-state index contributed by atoms with van der Waals surface area (Å²) >= 11 is 3.19. The molecule has 7 heteroatoms. The van der Waals surface area contributed by atoms with Crippen molar-refractivity contribution in [2.45, 2.75) is 13.0 Å². The zero-order valence-corrected chi connectivity index (χ0v) is 12.4. The van der Waals surface area contributed by atoms with Crippen LogP contribution in [-0.2, 0) is 9.53 Å². The van der Waals surface area contributed by atoms with Gasteiger partial charge < -0.3 is 15.4 Å². The van der Waals surface area contributed by atoms with Crippen LogP contribution in [0.1, 0.15) is 17.3 Å². The fourth-order valence-corrected chi connectivity index (χ4v) is 1.76. The maximum atomic E-state index is 11.9.